The molecule has 3 nitrogen and oxygen atoms in total. The molecule has 1 aliphatic heterocycles. The molecular formula is C14H21NO2. The van der Waals surface area contributed by atoms with Gasteiger partial charge in [-0.15, -0.1) is 0 Å². The van der Waals surface area contributed by atoms with Crippen LogP contribution < -0.4 is 4.74 Å². The Morgan fingerprint density at radius 2 is 1.94 bits per heavy atom. The maximum absolute atomic E-state index is 9.85. The highest BCUT2D eigenvalue weighted by atomic mass is 16.5. The third-order valence-electron chi connectivity index (χ3n) is 3.39. The van der Waals surface area contributed by atoms with Gasteiger partial charge < -0.3 is 9.84 Å². The molecule has 0 unspecified atom stereocenters. The van der Waals surface area contributed by atoms with Crippen LogP contribution in [0, 0.1) is 6.92 Å². The first kappa shape index (κ1) is 12.4. The van der Waals surface area contributed by atoms with E-state index < -0.39 is 5.60 Å². The van der Waals surface area contributed by atoms with E-state index >= 15 is 0 Å². The maximum Gasteiger partial charge on any atom is 0.119 e. The van der Waals surface area contributed by atoms with Gasteiger partial charge in [0.15, 0.2) is 0 Å². The summed E-state index contributed by atoms with van der Waals surface area (Å²) in [6.07, 6.45) is 0.836. The van der Waals surface area contributed by atoms with Crippen LogP contribution in [-0.4, -0.2) is 41.8 Å². The molecule has 0 atom stereocenters. The highest BCUT2D eigenvalue weighted by Crippen LogP contribution is 2.23. The minimum Gasteiger partial charge on any atom is -0.492 e. The summed E-state index contributed by atoms with van der Waals surface area (Å²) < 4.78 is 5.65. The first-order valence-electron chi connectivity index (χ1n) is 6.25. The quantitative estimate of drug-likeness (QED) is 0.845. The number of β-amino-alcohol motifs (C(OH)–C–C–N with tert-alkyl or cyclic N) is 1. The Hall–Kier alpha value is -1.06. The Balaban J connectivity index is 1.66. The van der Waals surface area contributed by atoms with E-state index in [2.05, 4.69) is 24.0 Å². The lowest BCUT2D eigenvalue weighted by molar-refractivity contribution is -0.102. The van der Waals surface area contributed by atoms with Crippen molar-refractivity contribution in [1.82, 2.24) is 4.90 Å². The van der Waals surface area contributed by atoms with Gasteiger partial charge in [0.2, 0.25) is 0 Å². The van der Waals surface area contributed by atoms with E-state index in [0.29, 0.717) is 6.61 Å². The Bertz CT molecular complexity index is 355. The van der Waals surface area contributed by atoms with Crippen molar-refractivity contribution in [1.29, 1.82) is 0 Å². The summed E-state index contributed by atoms with van der Waals surface area (Å²) in [7, 11) is 0. The van der Waals surface area contributed by atoms with Crippen LogP contribution in [0.4, 0.5) is 0 Å². The largest absolute Gasteiger partial charge is 0.492 e. The molecule has 1 N–H and O–H groups in total. The number of benzene rings is 1. The van der Waals surface area contributed by atoms with Crippen LogP contribution in [0.25, 0.3) is 0 Å². The molecule has 3 heteroatoms. The minimum atomic E-state index is -0.441. The van der Waals surface area contributed by atoms with Gasteiger partial charge in [-0.25, -0.2) is 0 Å². The van der Waals surface area contributed by atoms with E-state index in [1.54, 1.807) is 0 Å². The van der Waals surface area contributed by atoms with Crippen molar-refractivity contribution >= 4 is 0 Å². The molecule has 0 aliphatic carbocycles. The molecule has 1 aliphatic rings. The zero-order valence-corrected chi connectivity index (χ0v) is 10.6. The number of likely N-dealkylation sites (tertiary alicyclic amines) is 1. The smallest absolute Gasteiger partial charge is 0.119 e. The average Bonchev–Trinajstić information content (AvgIpc) is 2.29. The second-order valence-corrected chi connectivity index (χ2v) is 4.95. The van der Waals surface area contributed by atoms with Crippen LogP contribution in [0.15, 0.2) is 24.3 Å². The summed E-state index contributed by atoms with van der Waals surface area (Å²) in [5, 5.41) is 9.85. The fraction of sp³-hybridized carbons (Fsp3) is 0.571. The highest BCUT2D eigenvalue weighted by Gasteiger charge is 2.38. The van der Waals surface area contributed by atoms with Gasteiger partial charge in [0.05, 0.1) is 5.60 Å². The monoisotopic (exact) mass is 235 g/mol. The van der Waals surface area contributed by atoms with E-state index in [9.17, 15) is 5.11 Å². The van der Waals surface area contributed by atoms with Crippen molar-refractivity contribution < 1.29 is 9.84 Å². The average molecular weight is 235 g/mol. The molecule has 94 valence electrons. The lowest BCUT2D eigenvalue weighted by atomic mass is 9.91. The maximum atomic E-state index is 9.85. The zero-order valence-electron chi connectivity index (χ0n) is 10.6. The topological polar surface area (TPSA) is 32.7 Å². The third-order valence-corrected chi connectivity index (χ3v) is 3.39. The summed E-state index contributed by atoms with van der Waals surface area (Å²) in [5.74, 6) is 0.918. The molecule has 0 amide bonds. The lowest BCUT2D eigenvalue weighted by Crippen LogP contribution is -2.61. The molecule has 0 bridgehead atoms. The Morgan fingerprint density at radius 1 is 1.29 bits per heavy atom. The van der Waals surface area contributed by atoms with Crippen molar-refractivity contribution in [2.45, 2.75) is 25.9 Å². The van der Waals surface area contributed by atoms with Crippen LogP contribution in [-0.2, 0) is 0 Å². The number of rotatable bonds is 5. The number of nitrogens with zero attached hydrogens (tertiary/aromatic N) is 1. The first-order valence-corrected chi connectivity index (χ1v) is 6.25. The lowest BCUT2D eigenvalue weighted by Gasteiger charge is -2.46. The summed E-state index contributed by atoms with van der Waals surface area (Å²) in [4.78, 5) is 2.22. The molecule has 1 aromatic carbocycles. The van der Waals surface area contributed by atoms with Crippen LogP contribution in [0.1, 0.15) is 18.9 Å². The number of aryl methyl sites for hydroxylation is 1. The molecule has 1 aromatic rings. The molecule has 0 spiro atoms. The molecule has 17 heavy (non-hydrogen) atoms. The summed E-state index contributed by atoms with van der Waals surface area (Å²) >= 11 is 0. The van der Waals surface area contributed by atoms with Gasteiger partial charge >= 0.3 is 0 Å². The van der Waals surface area contributed by atoms with Gasteiger partial charge in [-0.1, -0.05) is 24.6 Å². The number of hydrogen-bond donors (Lipinski definition) is 1. The van der Waals surface area contributed by atoms with E-state index in [4.69, 9.17) is 4.74 Å². The predicted molar refractivity (Wildman–Crippen MR) is 68.4 cm³/mol. The zero-order chi connectivity index (χ0) is 12.3. The Labute approximate surface area is 103 Å². The van der Waals surface area contributed by atoms with Gasteiger partial charge in [-0.05, 0) is 25.5 Å². The van der Waals surface area contributed by atoms with Gasteiger partial charge in [-0.2, -0.15) is 0 Å². The van der Waals surface area contributed by atoms with Gasteiger partial charge in [0.25, 0.3) is 0 Å². The minimum absolute atomic E-state index is 0.441. The Morgan fingerprint density at radius 3 is 2.53 bits per heavy atom. The number of hydrogen-bond acceptors (Lipinski definition) is 3. The fourth-order valence-electron chi connectivity index (χ4n) is 2.09. The molecule has 1 fully saturated rings. The summed E-state index contributed by atoms with van der Waals surface area (Å²) in [6, 6.07) is 8.09. The van der Waals surface area contributed by atoms with Crippen molar-refractivity contribution in [2.75, 3.05) is 26.2 Å². The van der Waals surface area contributed by atoms with Crippen molar-refractivity contribution in [3.63, 3.8) is 0 Å². The van der Waals surface area contributed by atoms with Crippen LogP contribution in [0.3, 0.4) is 0 Å². The van der Waals surface area contributed by atoms with Crippen LogP contribution in [0.2, 0.25) is 0 Å². The van der Waals surface area contributed by atoms with Gasteiger partial charge in [0, 0.05) is 19.6 Å². The SMILES string of the molecule is CCC1(O)CN(CCOc2ccc(C)cc2)C1. The van der Waals surface area contributed by atoms with E-state index in [1.165, 1.54) is 5.56 Å². The molecule has 1 heterocycles. The molecule has 0 aromatic heterocycles. The first-order chi connectivity index (χ1) is 8.11. The fourth-order valence-corrected chi connectivity index (χ4v) is 2.09. The van der Waals surface area contributed by atoms with Crippen molar-refractivity contribution in [2.24, 2.45) is 0 Å². The highest BCUT2D eigenvalue weighted by molar-refractivity contribution is 5.26. The number of ether oxygens (including phenoxy) is 1. The van der Waals surface area contributed by atoms with E-state index in [1.807, 2.05) is 19.1 Å². The molecule has 1 saturated heterocycles. The molecule has 0 radical (unpaired) electrons. The standard InChI is InChI=1S/C14H21NO2/c1-3-14(16)10-15(11-14)8-9-17-13-6-4-12(2)5-7-13/h4-7,16H,3,8-11H2,1-2H3. The predicted octanol–water partition coefficient (Wildman–Crippen LogP) is 1.83. The van der Waals surface area contributed by atoms with Crippen LogP contribution >= 0.6 is 0 Å². The van der Waals surface area contributed by atoms with E-state index in [-0.39, 0.29) is 0 Å². The van der Waals surface area contributed by atoms with Crippen molar-refractivity contribution in [3.05, 3.63) is 29.8 Å². The summed E-state index contributed by atoms with van der Waals surface area (Å²) in [5.41, 5.74) is 0.803. The number of aliphatic hydroxyl groups is 1. The second-order valence-electron chi connectivity index (χ2n) is 4.95. The van der Waals surface area contributed by atoms with E-state index in [0.717, 1.165) is 31.8 Å². The van der Waals surface area contributed by atoms with Gasteiger partial charge in [0.1, 0.15) is 12.4 Å². The Kier molecular flexibility index (Phi) is 3.69. The summed E-state index contributed by atoms with van der Waals surface area (Å²) in [6.45, 7) is 7.22. The van der Waals surface area contributed by atoms with Crippen LogP contribution in [0.5, 0.6) is 5.75 Å². The normalized spacial score (nSPS) is 18.8. The third kappa shape index (κ3) is 3.20. The molecular weight excluding hydrogens is 214 g/mol. The molecule has 2 rings (SSSR count). The molecule has 0 saturated carbocycles. The van der Waals surface area contributed by atoms with Crippen molar-refractivity contribution in [3.8, 4) is 5.75 Å². The van der Waals surface area contributed by atoms with Gasteiger partial charge in [-0.3, -0.25) is 4.90 Å². The second kappa shape index (κ2) is 5.07.